The van der Waals surface area contributed by atoms with Gasteiger partial charge in [0.1, 0.15) is 6.17 Å². The number of ether oxygens (including phenoxy) is 1. The lowest BCUT2D eigenvalue weighted by atomic mass is 9.77. The Hall–Kier alpha value is -1.05. The molecule has 0 aliphatic carbocycles. The van der Waals surface area contributed by atoms with E-state index in [9.17, 15) is 9.18 Å². The Morgan fingerprint density at radius 3 is 2.96 bits per heavy atom. The van der Waals surface area contributed by atoms with E-state index < -0.39 is 24.0 Å². The number of likely N-dealkylation sites (tertiary alicyclic amines) is 1. The molecule has 0 saturated carbocycles. The Kier molecular flexibility index (Phi) is 6.11. The predicted molar refractivity (Wildman–Crippen MR) is 88.2 cm³/mol. The first-order valence-electron chi connectivity index (χ1n) is 8.46. The third kappa shape index (κ3) is 3.41. The highest BCUT2D eigenvalue weighted by molar-refractivity contribution is 5.90. The van der Waals surface area contributed by atoms with Gasteiger partial charge < -0.3 is 15.4 Å². The number of methoxy groups -OCH3 is 1. The van der Waals surface area contributed by atoms with E-state index in [-0.39, 0.29) is 18.4 Å². The van der Waals surface area contributed by atoms with E-state index in [1.807, 2.05) is 6.92 Å². The fraction of sp³-hybridized carbons (Fsp3) is 0.875. The van der Waals surface area contributed by atoms with Gasteiger partial charge in [0.25, 0.3) is 5.91 Å². The number of rotatable bonds is 5. The van der Waals surface area contributed by atoms with Crippen molar-refractivity contribution in [1.82, 2.24) is 10.2 Å². The molecule has 0 spiro atoms. The molecule has 1 saturated heterocycles. The highest BCUT2D eigenvalue weighted by Crippen LogP contribution is 2.33. The van der Waals surface area contributed by atoms with Crippen molar-refractivity contribution in [3.8, 4) is 0 Å². The fourth-order valence-corrected chi connectivity index (χ4v) is 3.68. The molecular weight excluding hydrogens is 299 g/mol. The van der Waals surface area contributed by atoms with Crippen molar-refractivity contribution in [2.24, 2.45) is 16.6 Å². The number of nitrogens with zero attached hydrogens (tertiary/aromatic N) is 2. The second kappa shape index (κ2) is 7.68. The van der Waals surface area contributed by atoms with Crippen molar-refractivity contribution in [2.75, 3.05) is 26.7 Å². The van der Waals surface area contributed by atoms with Crippen LogP contribution in [0.2, 0.25) is 0 Å². The van der Waals surface area contributed by atoms with Crippen molar-refractivity contribution in [2.45, 2.75) is 57.1 Å². The molecule has 3 N–H and O–H groups in total. The van der Waals surface area contributed by atoms with Crippen molar-refractivity contribution in [3.63, 3.8) is 0 Å². The van der Waals surface area contributed by atoms with E-state index in [1.54, 1.807) is 11.1 Å². The predicted octanol–water partition coefficient (Wildman–Crippen LogP) is 0.706. The number of amides is 1. The lowest BCUT2D eigenvalue weighted by molar-refractivity contribution is -0.145. The summed E-state index contributed by atoms with van der Waals surface area (Å²) >= 11 is 0. The zero-order valence-electron chi connectivity index (χ0n) is 14.3. The van der Waals surface area contributed by atoms with Gasteiger partial charge in [-0.2, -0.15) is 0 Å². The first-order valence-corrected chi connectivity index (χ1v) is 8.46. The molecule has 1 amide bonds. The Labute approximate surface area is 137 Å². The molecule has 1 fully saturated rings. The van der Waals surface area contributed by atoms with Crippen LogP contribution in [0.5, 0.6) is 0 Å². The Balaban J connectivity index is 2.24. The largest absolute Gasteiger partial charge is 0.378 e. The Morgan fingerprint density at radius 2 is 2.39 bits per heavy atom. The fourth-order valence-electron chi connectivity index (χ4n) is 3.68. The third-order valence-corrected chi connectivity index (χ3v) is 5.10. The molecule has 23 heavy (non-hydrogen) atoms. The van der Waals surface area contributed by atoms with Crippen molar-refractivity contribution >= 4 is 12.1 Å². The summed E-state index contributed by atoms with van der Waals surface area (Å²) in [6.45, 7) is 5.13. The van der Waals surface area contributed by atoms with Crippen molar-refractivity contribution in [3.05, 3.63) is 0 Å². The highest BCUT2D eigenvalue weighted by atomic mass is 19.1. The average Bonchev–Trinajstić information content (AvgIpc) is 2.55. The summed E-state index contributed by atoms with van der Waals surface area (Å²) in [5, 5.41) is 3.13. The molecule has 5 atom stereocenters. The lowest BCUT2D eigenvalue weighted by Crippen LogP contribution is -2.69. The van der Waals surface area contributed by atoms with Crippen LogP contribution in [-0.2, 0) is 9.53 Å². The summed E-state index contributed by atoms with van der Waals surface area (Å²) in [5.41, 5.74) is 5.20. The Morgan fingerprint density at radius 1 is 1.65 bits per heavy atom. The molecule has 0 aromatic carbocycles. The molecule has 2 rings (SSSR count). The molecule has 6 nitrogen and oxygen atoms in total. The van der Waals surface area contributed by atoms with E-state index in [1.165, 1.54) is 7.11 Å². The summed E-state index contributed by atoms with van der Waals surface area (Å²) in [6.07, 6.45) is 1.82. The maximum absolute atomic E-state index is 14.2. The molecular formula is C16H29FN4O2. The molecule has 0 aromatic rings. The second-order valence-corrected chi connectivity index (χ2v) is 6.54. The van der Waals surface area contributed by atoms with Gasteiger partial charge in [-0.25, -0.2) is 4.39 Å². The maximum Gasteiger partial charge on any atom is 0.253 e. The number of aliphatic imine (C=N–C) groups is 1. The standard InChI is InChI=1S/C16H29FN4O2/c1-4-5-11(2)16(14(18)19-7-8-20-16)15(22)21-9-6-13(23-3)12(17)10-21/h8,11-14,19H,4-7,9-10,18H2,1-3H3/t11-,12-,13+,14?,16?/m1/s1. The smallest absolute Gasteiger partial charge is 0.253 e. The average molecular weight is 328 g/mol. The van der Waals surface area contributed by atoms with Crippen LogP contribution in [0.4, 0.5) is 4.39 Å². The van der Waals surface area contributed by atoms with Gasteiger partial charge >= 0.3 is 0 Å². The monoisotopic (exact) mass is 328 g/mol. The van der Waals surface area contributed by atoms with Gasteiger partial charge in [0, 0.05) is 26.4 Å². The van der Waals surface area contributed by atoms with E-state index in [2.05, 4.69) is 17.2 Å². The minimum absolute atomic E-state index is 0.0164. The third-order valence-electron chi connectivity index (χ3n) is 5.10. The number of hydrogen-bond donors (Lipinski definition) is 2. The number of alkyl halides is 1. The van der Waals surface area contributed by atoms with Gasteiger partial charge in [0.15, 0.2) is 5.54 Å². The van der Waals surface area contributed by atoms with Crippen LogP contribution >= 0.6 is 0 Å². The topological polar surface area (TPSA) is 80.0 Å². The van der Waals surface area contributed by atoms with Crippen LogP contribution in [0, 0.1) is 5.92 Å². The number of nitrogens with two attached hydrogens (primary N) is 1. The molecule has 0 aromatic heterocycles. The van der Waals surface area contributed by atoms with Gasteiger partial charge in [0.05, 0.1) is 18.8 Å². The van der Waals surface area contributed by atoms with Crippen LogP contribution < -0.4 is 11.1 Å². The Bertz CT molecular complexity index is 448. The lowest BCUT2D eigenvalue weighted by Gasteiger charge is -2.45. The molecule has 0 bridgehead atoms. The van der Waals surface area contributed by atoms with Gasteiger partial charge in [-0.1, -0.05) is 20.3 Å². The number of carbonyl (C=O) groups excluding carboxylic acids is 1. The van der Waals surface area contributed by atoms with E-state index in [0.29, 0.717) is 19.5 Å². The molecule has 2 aliphatic rings. The van der Waals surface area contributed by atoms with Gasteiger partial charge in [-0.15, -0.1) is 0 Å². The van der Waals surface area contributed by atoms with E-state index in [4.69, 9.17) is 10.5 Å². The molecule has 2 aliphatic heterocycles. The van der Waals surface area contributed by atoms with Crippen molar-refractivity contribution < 1.29 is 13.9 Å². The van der Waals surface area contributed by atoms with Gasteiger partial charge in [-0.05, 0) is 18.8 Å². The SMILES string of the molecule is CCC[C@@H](C)C1(C(=O)N2CC[C@H](OC)[C@H](F)C2)N=CCNC1N. The normalized spacial score (nSPS) is 36.0. The number of piperidine rings is 1. The summed E-state index contributed by atoms with van der Waals surface area (Å²) in [5.74, 6) is -0.191. The van der Waals surface area contributed by atoms with Gasteiger partial charge in [-0.3, -0.25) is 15.1 Å². The summed E-state index contributed by atoms with van der Waals surface area (Å²) < 4.78 is 19.3. The van der Waals surface area contributed by atoms with Crippen LogP contribution in [0.1, 0.15) is 33.1 Å². The zero-order chi connectivity index (χ0) is 17.0. The summed E-state index contributed by atoms with van der Waals surface area (Å²) in [7, 11) is 1.50. The summed E-state index contributed by atoms with van der Waals surface area (Å²) in [4.78, 5) is 19.3. The van der Waals surface area contributed by atoms with Crippen LogP contribution in [0.15, 0.2) is 4.99 Å². The minimum atomic E-state index is -1.17. The summed E-state index contributed by atoms with van der Waals surface area (Å²) in [6, 6.07) is 0. The second-order valence-electron chi connectivity index (χ2n) is 6.54. The molecule has 2 heterocycles. The van der Waals surface area contributed by atoms with Crippen LogP contribution in [0.3, 0.4) is 0 Å². The quantitative estimate of drug-likeness (QED) is 0.779. The van der Waals surface area contributed by atoms with Gasteiger partial charge in [0.2, 0.25) is 0 Å². The number of carbonyl (C=O) groups is 1. The molecule has 132 valence electrons. The van der Waals surface area contributed by atoms with E-state index >= 15 is 0 Å². The zero-order valence-corrected chi connectivity index (χ0v) is 14.3. The first kappa shape index (κ1) is 18.3. The number of hydrogen-bond acceptors (Lipinski definition) is 5. The maximum atomic E-state index is 14.2. The highest BCUT2D eigenvalue weighted by Gasteiger charge is 2.52. The number of nitrogens with one attached hydrogen (secondary N) is 1. The molecule has 0 radical (unpaired) electrons. The molecule has 7 heteroatoms. The van der Waals surface area contributed by atoms with Crippen LogP contribution in [-0.4, -0.2) is 67.7 Å². The number of halogens is 1. The first-order chi connectivity index (χ1) is 11.0. The van der Waals surface area contributed by atoms with Crippen LogP contribution in [0.25, 0.3) is 0 Å². The van der Waals surface area contributed by atoms with Crippen molar-refractivity contribution in [1.29, 1.82) is 0 Å². The van der Waals surface area contributed by atoms with E-state index in [0.717, 1.165) is 12.8 Å². The molecule has 2 unspecified atom stereocenters. The minimum Gasteiger partial charge on any atom is -0.378 e.